The van der Waals surface area contributed by atoms with Crippen LogP contribution in [-0.4, -0.2) is 10.1 Å². The summed E-state index contributed by atoms with van der Waals surface area (Å²) in [5, 5.41) is 9.22. The first-order valence-electron chi connectivity index (χ1n) is 3.64. The number of aliphatic hydroxyl groups is 1. The highest BCUT2D eigenvalue weighted by Crippen LogP contribution is 2.16. The number of aliphatic hydroxyl groups excluding tert-OH is 1. The number of nitrogens with zero attached hydrogens (tertiary/aromatic N) is 1. The summed E-state index contributed by atoms with van der Waals surface area (Å²) in [7, 11) is 0. The Hall–Kier alpha value is -1.03. The fraction of sp³-hybridized carbons (Fsp3) is 0.375. The van der Waals surface area contributed by atoms with Crippen LogP contribution in [-0.2, 0) is 0 Å². The van der Waals surface area contributed by atoms with Gasteiger partial charge in [0.2, 0.25) is 5.95 Å². The molecule has 12 heavy (non-hydrogen) atoms. The summed E-state index contributed by atoms with van der Waals surface area (Å²) >= 11 is 0. The highest BCUT2D eigenvalue weighted by molar-refractivity contribution is 5.13. The van der Waals surface area contributed by atoms with Crippen LogP contribution in [0.25, 0.3) is 0 Å². The van der Waals surface area contributed by atoms with Gasteiger partial charge in [-0.1, -0.05) is 6.92 Å². The van der Waals surface area contributed by atoms with Crippen LogP contribution < -0.4 is 0 Å². The van der Waals surface area contributed by atoms with E-state index in [2.05, 4.69) is 4.98 Å². The highest BCUT2D eigenvalue weighted by Gasteiger charge is 2.09. The van der Waals surface area contributed by atoms with Gasteiger partial charge in [-0.05, 0) is 12.5 Å². The molecule has 1 rings (SSSR count). The molecule has 0 aliphatic heterocycles. The molecule has 0 saturated heterocycles. The minimum atomic E-state index is -1.14. The van der Waals surface area contributed by atoms with E-state index in [1.54, 1.807) is 6.92 Å². The van der Waals surface area contributed by atoms with Gasteiger partial charge in [0, 0.05) is 11.8 Å². The lowest BCUT2D eigenvalue weighted by Gasteiger charge is -2.06. The molecule has 0 bridgehead atoms. The van der Waals surface area contributed by atoms with Crippen molar-refractivity contribution in [2.75, 3.05) is 0 Å². The lowest BCUT2D eigenvalue weighted by molar-refractivity contribution is 0.172. The van der Waals surface area contributed by atoms with Gasteiger partial charge in [0.15, 0.2) is 5.82 Å². The van der Waals surface area contributed by atoms with Crippen molar-refractivity contribution in [1.82, 2.24) is 4.98 Å². The van der Waals surface area contributed by atoms with Crippen LogP contribution in [0.5, 0.6) is 0 Å². The Morgan fingerprint density at radius 1 is 1.58 bits per heavy atom. The molecule has 1 aromatic rings. The zero-order chi connectivity index (χ0) is 9.14. The van der Waals surface area contributed by atoms with Gasteiger partial charge in [-0.15, -0.1) is 0 Å². The van der Waals surface area contributed by atoms with Crippen LogP contribution in [0, 0.1) is 11.8 Å². The SMILES string of the molecule is CCC(O)c1cnc(F)c(F)c1. The number of halogens is 2. The van der Waals surface area contributed by atoms with Gasteiger partial charge in [0.1, 0.15) is 0 Å². The molecule has 1 atom stereocenters. The second-order valence-corrected chi connectivity index (χ2v) is 2.47. The van der Waals surface area contributed by atoms with E-state index in [0.29, 0.717) is 12.0 Å². The maximum atomic E-state index is 12.5. The van der Waals surface area contributed by atoms with Crippen molar-refractivity contribution in [3.8, 4) is 0 Å². The summed E-state index contributed by atoms with van der Waals surface area (Å²) in [5.74, 6) is -2.16. The normalized spacial score (nSPS) is 13.0. The zero-order valence-electron chi connectivity index (χ0n) is 6.59. The predicted octanol–water partition coefficient (Wildman–Crippen LogP) is 1.80. The van der Waals surface area contributed by atoms with Crippen LogP contribution in [0.2, 0.25) is 0 Å². The third kappa shape index (κ3) is 1.76. The Morgan fingerprint density at radius 3 is 2.75 bits per heavy atom. The van der Waals surface area contributed by atoms with Crippen molar-refractivity contribution in [2.45, 2.75) is 19.4 Å². The summed E-state index contributed by atoms with van der Waals surface area (Å²) in [4.78, 5) is 3.15. The molecule has 0 radical (unpaired) electrons. The molecule has 4 heteroatoms. The smallest absolute Gasteiger partial charge is 0.248 e. The quantitative estimate of drug-likeness (QED) is 0.692. The lowest BCUT2D eigenvalue weighted by Crippen LogP contribution is -1.99. The van der Waals surface area contributed by atoms with Gasteiger partial charge in [-0.2, -0.15) is 4.39 Å². The Bertz CT molecular complexity index is 278. The minimum absolute atomic E-state index is 0.302. The van der Waals surface area contributed by atoms with E-state index in [9.17, 15) is 13.9 Å². The van der Waals surface area contributed by atoms with Crippen LogP contribution in [0.4, 0.5) is 8.78 Å². The predicted molar refractivity (Wildman–Crippen MR) is 39.4 cm³/mol. The average Bonchev–Trinajstić information content (AvgIpc) is 2.08. The summed E-state index contributed by atoms with van der Waals surface area (Å²) in [6.45, 7) is 1.74. The van der Waals surface area contributed by atoms with E-state index >= 15 is 0 Å². The number of pyridine rings is 1. The van der Waals surface area contributed by atoms with Gasteiger partial charge in [-0.3, -0.25) is 0 Å². The summed E-state index contributed by atoms with van der Waals surface area (Å²) in [6.07, 6.45) is 0.812. The number of rotatable bonds is 2. The van der Waals surface area contributed by atoms with E-state index < -0.39 is 17.9 Å². The molecule has 0 spiro atoms. The molecule has 0 aromatic carbocycles. The number of hydrogen-bond acceptors (Lipinski definition) is 2. The fourth-order valence-corrected chi connectivity index (χ4v) is 0.854. The Labute approximate surface area is 68.9 Å². The molecular weight excluding hydrogens is 164 g/mol. The van der Waals surface area contributed by atoms with Crippen molar-refractivity contribution in [2.24, 2.45) is 0 Å². The van der Waals surface area contributed by atoms with E-state index in [1.807, 2.05) is 0 Å². The van der Waals surface area contributed by atoms with Gasteiger partial charge in [-0.25, -0.2) is 9.37 Å². The van der Waals surface area contributed by atoms with E-state index in [1.165, 1.54) is 0 Å². The first-order chi connectivity index (χ1) is 5.65. The number of aromatic nitrogens is 1. The van der Waals surface area contributed by atoms with Crippen LogP contribution in [0.1, 0.15) is 25.0 Å². The minimum Gasteiger partial charge on any atom is -0.388 e. The molecule has 0 amide bonds. The molecule has 1 unspecified atom stereocenters. The maximum Gasteiger partial charge on any atom is 0.248 e. The summed E-state index contributed by atoms with van der Waals surface area (Å²) < 4.78 is 24.8. The summed E-state index contributed by atoms with van der Waals surface area (Å²) in [6, 6.07) is 0.955. The van der Waals surface area contributed by atoms with Crippen LogP contribution >= 0.6 is 0 Å². The van der Waals surface area contributed by atoms with Crippen LogP contribution in [0.3, 0.4) is 0 Å². The van der Waals surface area contributed by atoms with Crippen molar-refractivity contribution < 1.29 is 13.9 Å². The zero-order valence-corrected chi connectivity index (χ0v) is 6.59. The van der Waals surface area contributed by atoms with Crippen molar-refractivity contribution in [3.05, 3.63) is 29.6 Å². The van der Waals surface area contributed by atoms with Crippen LogP contribution in [0.15, 0.2) is 12.3 Å². The molecule has 0 aliphatic carbocycles. The molecule has 1 N–H and O–H groups in total. The second-order valence-electron chi connectivity index (χ2n) is 2.47. The van der Waals surface area contributed by atoms with Crippen molar-refractivity contribution in [3.63, 3.8) is 0 Å². The number of hydrogen-bond donors (Lipinski definition) is 1. The molecule has 0 fully saturated rings. The second kappa shape index (κ2) is 3.58. The van der Waals surface area contributed by atoms with Gasteiger partial charge < -0.3 is 5.11 Å². The molecule has 1 aromatic heterocycles. The van der Waals surface area contributed by atoms with Gasteiger partial charge >= 0.3 is 0 Å². The largest absolute Gasteiger partial charge is 0.388 e. The van der Waals surface area contributed by atoms with E-state index in [0.717, 1.165) is 12.3 Å². The Balaban J connectivity index is 2.96. The molecule has 66 valence electrons. The molecular formula is C8H9F2NO. The monoisotopic (exact) mass is 173 g/mol. The van der Waals surface area contributed by atoms with E-state index in [4.69, 9.17) is 0 Å². The van der Waals surface area contributed by atoms with Crippen molar-refractivity contribution in [1.29, 1.82) is 0 Å². The highest BCUT2D eigenvalue weighted by atomic mass is 19.2. The standard InChI is InChI=1S/C8H9F2NO/c1-2-7(12)5-3-6(9)8(10)11-4-5/h3-4,7,12H,2H2,1H3. The maximum absolute atomic E-state index is 12.5. The molecule has 2 nitrogen and oxygen atoms in total. The summed E-state index contributed by atoms with van der Waals surface area (Å²) in [5.41, 5.74) is 0.302. The third-order valence-electron chi connectivity index (χ3n) is 1.59. The lowest BCUT2D eigenvalue weighted by atomic mass is 10.1. The fourth-order valence-electron chi connectivity index (χ4n) is 0.854. The Morgan fingerprint density at radius 2 is 2.25 bits per heavy atom. The third-order valence-corrected chi connectivity index (χ3v) is 1.59. The average molecular weight is 173 g/mol. The topological polar surface area (TPSA) is 33.1 Å². The molecule has 1 heterocycles. The van der Waals surface area contributed by atoms with Gasteiger partial charge in [0.05, 0.1) is 6.10 Å². The van der Waals surface area contributed by atoms with E-state index in [-0.39, 0.29) is 0 Å². The van der Waals surface area contributed by atoms with Gasteiger partial charge in [0.25, 0.3) is 0 Å². The molecule has 0 saturated carbocycles. The molecule has 0 aliphatic rings. The van der Waals surface area contributed by atoms with Crippen molar-refractivity contribution >= 4 is 0 Å². The first kappa shape index (κ1) is 9.06. The first-order valence-corrected chi connectivity index (χ1v) is 3.64. The Kier molecular flexibility index (Phi) is 2.70.